The van der Waals surface area contributed by atoms with Gasteiger partial charge in [-0.1, -0.05) is 0 Å². The van der Waals surface area contributed by atoms with E-state index in [2.05, 4.69) is 0 Å². The Labute approximate surface area is 143 Å². The van der Waals surface area contributed by atoms with Crippen LogP contribution in [0.25, 0.3) is 0 Å². The Balaban J connectivity index is -0.000000121. The average molecular weight is 364 g/mol. The molecule has 0 heterocycles. The highest BCUT2D eigenvalue weighted by molar-refractivity contribution is 4.34. The molecule has 0 aliphatic carbocycles. The van der Waals surface area contributed by atoms with Gasteiger partial charge in [0.05, 0.1) is 65.6 Å². The molecule has 0 bridgehead atoms. The van der Waals surface area contributed by atoms with Gasteiger partial charge in [0.25, 0.3) is 0 Å². The van der Waals surface area contributed by atoms with Crippen LogP contribution in [-0.2, 0) is 9.47 Å². The van der Waals surface area contributed by atoms with Gasteiger partial charge in [0.1, 0.15) is 0 Å². The summed E-state index contributed by atoms with van der Waals surface area (Å²) in [5.41, 5.74) is 0. The summed E-state index contributed by atoms with van der Waals surface area (Å²) in [7, 11) is 0. The van der Waals surface area contributed by atoms with E-state index >= 15 is 0 Å². The van der Waals surface area contributed by atoms with Gasteiger partial charge in [0.15, 0.2) is 0 Å². The molecule has 1 unspecified atom stereocenters. The number of aliphatic hydroxyl groups excluding tert-OH is 8. The van der Waals surface area contributed by atoms with Gasteiger partial charge in [0.2, 0.25) is 0 Å². The van der Waals surface area contributed by atoms with Crippen LogP contribution in [0.4, 0.5) is 0 Å². The van der Waals surface area contributed by atoms with Crippen molar-refractivity contribution in [2.45, 2.75) is 19.4 Å². The van der Waals surface area contributed by atoms with Gasteiger partial charge in [-0.25, -0.2) is 0 Å². The molecule has 0 spiro atoms. The van der Waals surface area contributed by atoms with Crippen molar-refractivity contribution < 1.29 is 50.3 Å². The van der Waals surface area contributed by atoms with Gasteiger partial charge in [-0.05, 0) is 13.3 Å². The van der Waals surface area contributed by atoms with E-state index in [9.17, 15) is 0 Å². The molecule has 0 aromatic rings. The van der Waals surface area contributed by atoms with E-state index in [-0.39, 0.29) is 46.2 Å². The van der Waals surface area contributed by atoms with Crippen molar-refractivity contribution in [3.8, 4) is 0 Å². The molecule has 0 saturated heterocycles. The van der Waals surface area contributed by atoms with E-state index in [0.29, 0.717) is 32.8 Å². The maximum atomic E-state index is 8.26. The molecule has 0 aromatic heterocycles. The van der Waals surface area contributed by atoms with Crippen molar-refractivity contribution in [1.29, 1.82) is 0 Å². The normalized spacial score (nSPS) is 10.4. The van der Waals surface area contributed by atoms with Gasteiger partial charge in [-0.15, -0.1) is 0 Å². The van der Waals surface area contributed by atoms with Crippen molar-refractivity contribution in [2.24, 2.45) is 0 Å². The van der Waals surface area contributed by atoms with E-state index in [4.69, 9.17) is 50.3 Å². The SMILES string of the molecule is CC(O)CO.OCCCO.OCCO.OCCOCCOCCO. The van der Waals surface area contributed by atoms with Crippen LogP contribution >= 0.6 is 0 Å². The number of hydrogen-bond acceptors (Lipinski definition) is 10. The van der Waals surface area contributed by atoms with Crippen LogP contribution in [0.15, 0.2) is 0 Å². The lowest BCUT2D eigenvalue weighted by atomic mass is 10.5. The molecule has 0 aliphatic rings. The van der Waals surface area contributed by atoms with Crippen molar-refractivity contribution in [3.05, 3.63) is 0 Å². The molecule has 1 atom stereocenters. The largest absolute Gasteiger partial charge is 0.396 e. The molecule has 10 heteroatoms. The Hall–Kier alpha value is -0.400. The highest BCUT2D eigenvalue weighted by Crippen LogP contribution is 1.76. The van der Waals surface area contributed by atoms with Crippen LogP contribution in [0.5, 0.6) is 0 Å². The number of aliphatic hydroxyl groups is 8. The zero-order valence-corrected chi connectivity index (χ0v) is 14.5. The molecule has 152 valence electrons. The first-order valence-corrected chi connectivity index (χ1v) is 7.61. The maximum absolute atomic E-state index is 8.26. The standard InChI is InChI=1S/C6H14O4.2C3H8O2.C2H6O2/c7-1-3-9-5-6-10-4-2-8;1-3(5)2-4;4-2-1-3-5;3-1-2-4/h7-8H,1-6H2;3-5H,2H2,1H3;4-5H,1-3H2;3-4H,1-2H2. The van der Waals surface area contributed by atoms with Crippen LogP contribution < -0.4 is 0 Å². The number of rotatable bonds is 11. The predicted octanol–water partition coefficient (Wildman–Crippen LogP) is -3.30. The molecule has 0 rings (SSSR count). The molecular weight excluding hydrogens is 328 g/mol. The molecule has 0 saturated carbocycles. The van der Waals surface area contributed by atoms with Crippen LogP contribution in [0, 0.1) is 0 Å². The Bertz CT molecular complexity index is 148. The first kappa shape index (κ1) is 31.4. The first-order valence-electron chi connectivity index (χ1n) is 7.61. The maximum Gasteiger partial charge on any atom is 0.0742 e. The Morgan fingerprint density at radius 2 is 0.917 bits per heavy atom. The van der Waals surface area contributed by atoms with E-state index in [1.807, 2.05) is 0 Å². The summed E-state index contributed by atoms with van der Waals surface area (Å²) in [5.74, 6) is 0. The van der Waals surface area contributed by atoms with Gasteiger partial charge >= 0.3 is 0 Å². The molecule has 10 nitrogen and oxygen atoms in total. The quantitative estimate of drug-likeness (QED) is 0.173. The number of ether oxygens (including phenoxy) is 2. The fraction of sp³-hybridized carbons (Fsp3) is 1.00. The Morgan fingerprint density at radius 3 is 1.04 bits per heavy atom. The summed E-state index contributed by atoms with van der Waals surface area (Å²) in [5, 5.41) is 63.6. The second kappa shape index (κ2) is 38.3. The summed E-state index contributed by atoms with van der Waals surface area (Å²) >= 11 is 0. The molecule has 0 amide bonds. The van der Waals surface area contributed by atoms with Crippen LogP contribution in [0.1, 0.15) is 13.3 Å². The fourth-order valence-electron chi connectivity index (χ4n) is 0.522. The first-order chi connectivity index (χ1) is 11.5. The summed E-state index contributed by atoms with van der Waals surface area (Å²) < 4.78 is 9.75. The lowest BCUT2D eigenvalue weighted by Crippen LogP contribution is -2.09. The fourth-order valence-corrected chi connectivity index (χ4v) is 0.522. The van der Waals surface area contributed by atoms with Crippen molar-refractivity contribution >= 4 is 0 Å². The predicted molar refractivity (Wildman–Crippen MR) is 87.5 cm³/mol. The Morgan fingerprint density at radius 1 is 0.583 bits per heavy atom. The summed E-state index contributed by atoms with van der Waals surface area (Å²) in [6.07, 6.45) is -0.0602. The van der Waals surface area contributed by atoms with Crippen molar-refractivity contribution in [1.82, 2.24) is 0 Å². The lowest BCUT2D eigenvalue weighted by molar-refractivity contribution is 0.0222. The highest BCUT2D eigenvalue weighted by atomic mass is 16.5. The highest BCUT2D eigenvalue weighted by Gasteiger charge is 1.86. The van der Waals surface area contributed by atoms with E-state index in [0.717, 1.165) is 0 Å². The molecule has 0 aromatic carbocycles. The van der Waals surface area contributed by atoms with Crippen LogP contribution in [0.2, 0.25) is 0 Å². The molecule has 0 radical (unpaired) electrons. The topological polar surface area (TPSA) is 180 Å². The average Bonchev–Trinajstić information content (AvgIpc) is 2.60. The number of hydrogen-bond donors (Lipinski definition) is 8. The third kappa shape index (κ3) is 68.1. The third-order valence-electron chi connectivity index (χ3n) is 1.52. The molecular formula is C14H36O10. The van der Waals surface area contributed by atoms with E-state index < -0.39 is 6.10 Å². The zero-order chi connectivity index (χ0) is 19.5. The van der Waals surface area contributed by atoms with Gasteiger partial charge in [-0.3, -0.25) is 0 Å². The van der Waals surface area contributed by atoms with Crippen LogP contribution in [-0.4, -0.2) is 120 Å². The molecule has 0 fully saturated rings. The molecule has 0 aliphatic heterocycles. The minimum absolute atomic E-state index is 0.0417. The minimum atomic E-state index is -0.560. The third-order valence-corrected chi connectivity index (χ3v) is 1.52. The zero-order valence-electron chi connectivity index (χ0n) is 14.5. The lowest BCUT2D eigenvalue weighted by Gasteiger charge is -2.01. The van der Waals surface area contributed by atoms with Gasteiger partial charge < -0.3 is 50.3 Å². The van der Waals surface area contributed by atoms with Gasteiger partial charge in [0, 0.05) is 13.2 Å². The second-order valence-corrected chi connectivity index (χ2v) is 3.95. The second-order valence-electron chi connectivity index (χ2n) is 3.95. The molecule has 8 N–H and O–H groups in total. The summed E-state index contributed by atoms with van der Waals surface area (Å²) in [6.45, 7) is 3.05. The summed E-state index contributed by atoms with van der Waals surface area (Å²) in [6, 6.07) is 0. The van der Waals surface area contributed by atoms with Crippen molar-refractivity contribution in [3.63, 3.8) is 0 Å². The Kier molecular flexibility index (Phi) is 50.0. The smallest absolute Gasteiger partial charge is 0.0742 e. The minimum Gasteiger partial charge on any atom is -0.396 e. The van der Waals surface area contributed by atoms with Gasteiger partial charge in [-0.2, -0.15) is 0 Å². The van der Waals surface area contributed by atoms with Crippen LogP contribution in [0.3, 0.4) is 0 Å². The van der Waals surface area contributed by atoms with E-state index in [1.165, 1.54) is 6.92 Å². The van der Waals surface area contributed by atoms with E-state index in [1.54, 1.807) is 0 Å². The molecule has 24 heavy (non-hydrogen) atoms. The van der Waals surface area contributed by atoms with Crippen molar-refractivity contribution in [2.75, 3.05) is 72.7 Å². The monoisotopic (exact) mass is 364 g/mol. The summed E-state index contributed by atoms with van der Waals surface area (Å²) in [4.78, 5) is 0.